The van der Waals surface area contributed by atoms with Gasteiger partial charge in [-0.25, -0.2) is 4.98 Å². The Balaban J connectivity index is 2.31. The molecule has 8 heteroatoms. The number of nitrogens with two attached hydrogens (primary N) is 1. The van der Waals surface area contributed by atoms with Crippen LogP contribution in [-0.4, -0.2) is 26.2 Å². The SMILES string of the molecule is Cc1cc(/C(N)=N/O)cc(Sc2nnc(C)s2)n1. The minimum Gasteiger partial charge on any atom is -0.409 e. The van der Waals surface area contributed by atoms with Crippen LogP contribution in [0, 0.1) is 13.8 Å². The van der Waals surface area contributed by atoms with Crippen molar-refractivity contribution in [3.63, 3.8) is 0 Å². The van der Waals surface area contributed by atoms with Crippen LogP contribution in [0.2, 0.25) is 0 Å². The summed E-state index contributed by atoms with van der Waals surface area (Å²) < 4.78 is 0.816. The van der Waals surface area contributed by atoms with E-state index >= 15 is 0 Å². The third-order valence-electron chi connectivity index (χ3n) is 2.03. The zero-order valence-electron chi connectivity index (χ0n) is 9.78. The van der Waals surface area contributed by atoms with Crippen LogP contribution < -0.4 is 5.73 Å². The molecule has 0 radical (unpaired) electrons. The lowest BCUT2D eigenvalue weighted by Gasteiger charge is -2.03. The van der Waals surface area contributed by atoms with Gasteiger partial charge >= 0.3 is 0 Å². The molecule has 0 aromatic carbocycles. The van der Waals surface area contributed by atoms with Crippen LogP contribution in [0.4, 0.5) is 0 Å². The Kier molecular flexibility index (Phi) is 3.78. The van der Waals surface area contributed by atoms with Crippen LogP contribution in [0.5, 0.6) is 0 Å². The summed E-state index contributed by atoms with van der Waals surface area (Å²) in [7, 11) is 0. The Hall–Kier alpha value is -1.67. The predicted molar refractivity (Wildman–Crippen MR) is 70.3 cm³/mol. The summed E-state index contributed by atoms with van der Waals surface area (Å²) in [5.74, 6) is 0.0656. The maximum atomic E-state index is 8.68. The van der Waals surface area contributed by atoms with Gasteiger partial charge in [-0.1, -0.05) is 16.5 Å². The summed E-state index contributed by atoms with van der Waals surface area (Å²) in [4.78, 5) is 4.36. The molecule has 0 amide bonds. The molecule has 0 atom stereocenters. The summed E-state index contributed by atoms with van der Waals surface area (Å²) in [6, 6.07) is 3.51. The molecule has 6 nitrogen and oxygen atoms in total. The second-order valence-corrected chi connectivity index (χ2v) is 5.96. The quantitative estimate of drug-likeness (QED) is 0.385. The monoisotopic (exact) mass is 281 g/mol. The van der Waals surface area contributed by atoms with Gasteiger partial charge in [-0.3, -0.25) is 0 Å². The molecule has 0 aliphatic heterocycles. The van der Waals surface area contributed by atoms with E-state index in [0.29, 0.717) is 5.56 Å². The van der Waals surface area contributed by atoms with E-state index < -0.39 is 0 Å². The molecule has 0 saturated carbocycles. The standard InChI is InChI=1S/C10H11N5OS2/c1-5-3-7(9(11)15-16)4-8(12-5)18-10-14-13-6(2)17-10/h3-4,16H,1-2H3,(H2,11,15). The smallest absolute Gasteiger partial charge is 0.180 e. The number of hydrogen-bond donors (Lipinski definition) is 2. The maximum Gasteiger partial charge on any atom is 0.180 e. The zero-order chi connectivity index (χ0) is 13.1. The molecule has 2 rings (SSSR count). The largest absolute Gasteiger partial charge is 0.409 e. The van der Waals surface area contributed by atoms with E-state index in [2.05, 4.69) is 20.3 Å². The minimum atomic E-state index is 0.0656. The van der Waals surface area contributed by atoms with Crippen molar-refractivity contribution < 1.29 is 5.21 Å². The Labute approximate surface area is 112 Å². The highest BCUT2D eigenvalue weighted by atomic mass is 32.2. The molecule has 94 valence electrons. The van der Waals surface area contributed by atoms with E-state index in [9.17, 15) is 0 Å². The highest BCUT2D eigenvalue weighted by Crippen LogP contribution is 2.29. The Bertz CT molecular complexity index is 596. The number of amidine groups is 1. The summed E-state index contributed by atoms with van der Waals surface area (Å²) in [6.07, 6.45) is 0. The second kappa shape index (κ2) is 5.32. The fourth-order valence-corrected chi connectivity index (χ4v) is 3.14. The molecule has 0 fully saturated rings. The van der Waals surface area contributed by atoms with Crippen LogP contribution in [0.1, 0.15) is 16.3 Å². The van der Waals surface area contributed by atoms with Crippen molar-refractivity contribution in [2.24, 2.45) is 10.9 Å². The molecule has 18 heavy (non-hydrogen) atoms. The number of pyridine rings is 1. The van der Waals surface area contributed by atoms with Gasteiger partial charge in [-0.2, -0.15) is 0 Å². The Morgan fingerprint density at radius 3 is 2.78 bits per heavy atom. The van der Waals surface area contributed by atoms with Crippen molar-refractivity contribution in [2.45, 2.75) is 23.2 Å². The van der Waals surface area contributed by atoms with Gasteiger partial charge in [0.2, 0.25) is 0 Å². The molecule has 2 aromatic rings. The molecule has 0 aliphatic carbocycles. The average molecular weight is 281 g/mol. The summed E-state index contributed by atoms with van der Waals surface area (Å²) in [5, 5.41) is 21.3. The molecular weight excluding hydrogens is 270 g/mol. The van der Waals surface area contributed by atoms with Crippen LogP contribution in [0.15, 0.2) is 26.7 Å². The van der Waals surface area contributed by atoms with Gasteiger partial charge < -0.3 is 10.9 Å². The van der Waals surface area contributed by atoms with Gasteiger partial charge in [0.15, 0.2) is 10.2 Å². The first-order valence-corrected chi connectivity index (χ1v) is 6.66. The third kappa shape index (κ3) is 2.96. The lowest BCUT2D eigenvalue weighted by molar-refractivity contribution is 0.318. The Morgan fingerprint density at radius 1 is 1.39 bits per heavy atom. The Morgan fingerprint density at radius 2 is 2.17 bits per heavy atom. The lowest BCUT2D eigenvalue weighted by atomic mass is 10.2. The predicted octanol–water partition coefficient (Wildman–Crippen LogP) is 1.80. The zero-order valence-corrected chi connectivity index (χ0v) is 11.4. The first-order chi connectivity index (χ1) is 8.58. The van der Waals surface area contributed by atoms with Gasteiger partial charge in [0.05, 0.1) is 0 Å². The van der Waals surface area contributed by atoms with Crippen molar-refractivity contribution >= 4 is 28.9 Å². The molecule has 0 saturated heterocycles. The third-order valence-corrected chi connectivity index (χ3v) is 3.84. The van der Waals surface area contributed by atoms with E-state index in [-0.39, 0.29) is 5.84 Å². The molecule has 2 aromatic heterocycles. The summed E-state index contributed by atoms with van der Waals surface area (Å²) in [6.45, 7) is 3.75. The minimum absolute atomic E-state index is 0.0656. The molecule has 3 N–H and O–H groups in total. The molecule has 0 unspecified atom stereocenters. The van der Waals surface area contributed by atoms with Crippen LogP contribution >= 0.6 is 23.1 Å². The highest BCUT2D eigenvalue weighted by molar-refractivity contribution is 8.01. The van der Waals surface area contributed by atoms with Gasteiger partial charge in [-0.15, -0.1) is 10.2 Å². The number of aromatic nitrogens is 3. The lowest BCUT2D eigenvalue weighted by Crippen LogP contribution is -2.13. The molecule has 0 bridgehead atoms. The number of hydrogen-bond acceptors (Lipinski definition) is 7. The van der Waals surface area contributed by atoms with E-state index in [1.807, 2.05) is 13.8 Å². The van der Waals surface area contributed by atoms with Gasteiger partial charge in [0.25, 0.3) is 0 Å². The van der Waals surface area contributed by atoms with E-state index in [0.717, 1.165) is 20.1 Å². The van der Waals surface area contributed by atoms with E-state index in [4.69, 9.17) is 10.9 Å². The van der Waals surface area contributed by atoms with Gasteiger partial charge in [-0.05, 0) is 37.7 Å². The number of rotatable bonds is 3. The first kappa shape index (κ1) is 12.8. The average Bonchev–Trinajstić information content (AvgIpc) is 2.73. The van der Waals surface area contributed by atoms with Crippen molar-refractivity contribution in [1.82, 2.24) is 15.2 Å². The van der Waals surface area contributed by atoms with Crippen LogP contribution in [0.3, 0.4) is 0 Å². The maximum absolute atomic E-state index is 8.68. The van der Waals surface area contributed by atoms with Gasteiger partial charge in [0.1, 0.15) is 10.0 Å². The summed E-state index contributed by atoms with van der Waals surface area (Å²) in [5.41, 5.74) is 6.99. The molecule has 0 spiro atoms. The number of nitrogens with zero attached hydrogens (tertiary/aromatic N) is 4. The van der Waals surface area contributed by atoms with Crippen LogP contribution in [-0.2, 0) is 0 Å². The van der Waals surface area contributed by atoms with Gasteiger partial charge in [0, 0.05) is 11.3 Å². The normalized spacial score (nSPS) is 11.8. The second-order valence-electron chi connectivity index (χ2n) is 3.51. The highest BCUT2D eigenvalue weighted by Gasteiger charge is 2.08. The van der Waals surface area contributed by atoms with Crippen molar-refractivity contribution in [3.8, 4) is 0 Å². The number of oxime groups is 1. The molecular formula is C10H11N5OS2. The van der Waals surface area contributed by atoms with E-state index in [1.165, 1.54) is 23.1 Å². The topological polar surface area (TPSA) is 97.3 Å². The van der Waals surface area contributed by atoms with E-state index in [1.54, 1.807) is 12.1 Å². The number of aryl methyl sites for hydroxylation is 2. The first-order valence-electron chi connectivity index (χ1n) is 5.03. The van der Waals surface area contributed by atoms with Crippen molar-refractivity contribution in [3.05, 3.63) is 28.4 Å². The molecule has 0 aliphatic rings. The fraction of sp³-hybridized carbons (Fsp3) is 0.200. The summed E-state index contributed by atoms with van der Waals surface area (Å²) >= 11 is 2.90. The fourth-order valence-electron chi connectivity index (χ4n) is 1.31. The van der Waals surface area contributed by atoms with Crippen molar-refractivity contribution in [2.75, 3.05) is 0 Å². The van der Waals surface area contributed by atoms with Crippen LogP contribution in [0.25, 0.3) is 0 Å². The molecule has 2 heterocycles. The van der Waals surface area contributed by atoms with Crippen molar-refractivity contribution in [1.29, 1.82) is 0 Å².